The van der Waals surface area contributed by atoms with Crippen molar-refractivity contribution in [2.24, 2.45) is 5.84 Å². The molecule has 0 atom stereocenters. The van der Waals surface area contributed by atoms with Gasteiger partial charge >= 0.3 is 0 Å². The molecule has 0 aromatic carbocycles. The number of hydrazine groups is 1. The summed E-state index contributed by atoms with van der Waals surface area (Å²) in [5, 5.41) is 3.80. The SMILES string of the molecule is CC(=O)c1cnn(CC(=O)NN)c1. The number of carbonyl (C=O) groups is 2. The van der Waals surface area contributed by atoms with Crippen LogP contribution in [0.4, 0.5) is 0 Å². The zero-order valence-electron chi connectivity index (χ0n) is 7.15. The van der Waals surface area contributed by atoms with E-state index in [-0.39, 0.29) is 18.2 Å². The minimum atomic E-state index is -0.363. The third-order valence-corrected chi connectivity index (χ3v) is 1.51. The van der Waals surface area contributed by atoms with Gasteiger partial charge in [0.2, 0.25) is 0 Å². The summed E-state index contributed by atoms with van der Waals surface area (Å²) in [5.74, 6) is 4.43. The van der Waals surface area contributed by atoms with Gasteiger partial charge in [-0.15, -0.1) is 0 Å². The Labute approximate surface area is 74.7 Å². The summed E-state index contributed by atoms with van der Waals surface area (Å²) < 4.78 is 1.35. The van der Waals surface area contributed by atoms with Crippen LogP contribution in [-0.2, 0) is 11.3 Å². The van der Waals surface area contributed by atoms with Crippen LogP contribution >= 0.6 is 0 Å². The largest absolute Gasteiger partial charge is 0.294 e. The second kappa shape index (κ2) is 3.81. The van der Waals surface area contributed by atoms with Crippen molar-refractivity contribution in [2.45, 2.75) is 13.5 Å². The molecular formula is C7H10N4O2. The van der Waals surface area contributed by atoms with Gasteiger partial charge in [-0.25, -0.2) is 5.84 Å². The van der Waals surface area contributed by atoms with Gasteiger partial charge in [0.25, 0.3) is 5.91 Å². The van der Waals surface area contributed by atoms with Crippen LogP contribution in [0.1, 0.15) is 17.3 Å². The Morgan fingerprint density at radius 3 is 2.85 bits per heavy atom. The molecule has 1 aromatic heterocycles. The number of nitrogens with one attached hydrogen (secondary N) is 1. The molecule has 1 rings (SSSR count). The van der Waals surface area contributed by atoms with Crippen molar-refractivity contribution in [1.82, 2.24) is 15.2 Å². The third-order valence-electron chi connectivity index (χ3n) is 1.51. The second-order valence-electron chi connectivity index (χ2n) is 2.55. The van der Waals surface area contributed by atoms with Gasteiger partial charge in [-0.3, -0.25) is 19.7 Å². The van der Waals surface area contributed by atoms with E-state index >= 15 is 0 Å². The first-order chi connectivity index (χ1) is 6.13. The van der Waals surface area contributed by atoms with E-state index in [9.17, 15) is 9.59 Å². The number of ketones is 1. The first-order valence-corrected chi connectivity index (χ1v) is 3.66. The number of Topliss-reactive ketones (excluding diaryl/α,β-unsaturated/α-hetero) is 1. The third kappa shape index (κ3) is 2.38. The van der Waals surface area contributed by atoms with Crippen LogP contribution in [-0.4, -0.2) is 21.5 Å². The molecule has 0 bridgehead atoms. The molecule has 0 fully saturated rings. The maximum atomic E-state index is 10.8. The topological polar surface area (TPSA) is 90.0 Å². The number of nitrogens with two attached hydrogens (primary N) is 1. The summed E-state index contributed by atoms with van der Waals surface area (Å²) in [5.41, 5.74) is 2.44. The first kappa shape index (κ1) is 9.40. The van der Waals surface area contributed by atoms with E-state index < -0.39 is 0 Å². The summed E-state index contributed by atoms with van der Waals surface area (Å²) in [6.07, 6.45) is 2.91. The quantitative estimate of drug-likeness (QED) is 0.273. The fourth-order valence-electron chi connectivity index (χ4n) is 0.825. The number of aromatic nitrogens is 2. The monoisotopic (exact) mass is 182 g/mol. The van der Waals surface area contributed by atoms with Crippen LogP contribution in [0.15, 0.2) is 12.4 Å². The molecule has 0 radical (unpaired) electrons. The number of rotatable bonds is 3. The summed E-state index contributed by atoms with van der Waals surface area (Å²) in [6.45, 7) is 1.45. The lowest BCUT2D eigenvalue weighted by molar-refractivity contribution is -0.121. The zero-order valence-corrected chi connectivity index (χ0v) is 7.15. The molecule has 6 nitrogen and oxygen atoms in total. The van der Waals surface area contributed by atoms with Crippen molar-refractivity contribution in [2.75, 3.05) is 0 Å². The summed E-state index contributed by atoms with van der Waals surface area (Å²) >= 11 is 0. The van der Waals surface area contributed by atoms with Crippen LogP contribution in [0.2, 0.25) is 0 Å². The van der Waals surface area contributed by atoms with Crippen LogP contribution < -0.4 is 11.3 Å². The highest BCUT2D eigenvalue weighted by Crippen LogP contribution is 1.97. The zero-order chi connectivity index (χ0) is 9.84. The molecule has 1 heterocycles. The lowest BCUT2D eigenvalue weighted by atomic mass is 10.3. The molecule has 0 unspecified atom stereocenters. The maximum Gasteiger partial charge on any atom is 0.255 e. The molecule has 0 saturated heterocycles. The van der Waals surface area contributed by atoms with Crippen LogP contribution in [0.5, 0.6) is 0 Å². The van der Waals surface area contributed by atoms with Gasteiger partial charge in [0, 0.05) is 6.20 Å². The van der Waals surface area contributed by atoms with Crippen LogP contribution in [0.3, 0.4) is 0 Å². The lowest BCUT2D eigenvalue weighted by Gasteiger charge is -1.97. The Morgan fingerprint density at radius 1 is 1.69 bits per heavy atom. The first-order valence-electron chi connectivity index (χ1n) is 3.66. The smallest absolute Gasteiger partial charge is 0.255 e. The number of nitrogens with zero attached hydrogens (tertiary/aromatic N) is 2. The Morgan fingerprint density at radius 2 is 2.38 bits per heavy atom. The molecule has 70 valence electrons. The van der Waals surface area contributed by atoms with E-state index in [1.54, 1.807) is 0 Å². The fourth-order valence-corrected chi connectivity index (χ4v) is 0.825. The van der Waals surface area contributed by atoms with Gasteiger partial charge in [-0.05, 0) is 6.92 Å². The molecule has 0 aliphatic carbocycles. The van der Waals surface area contributed by atoms with E-state index in [0.29, 0.717) is 5.56 Å². The summed E-state index contributed by atoms with van der Waals surface area (Å²) in [7, 11) is 0. The molecule has 0 aliphatic heterocycles. The van der Waals surface area contributed by atoms with Crippen molar-refractivity contribution >= 4 is 11.7 Å². The van der Waals surface area contributed by atoms with Crippen molar-refractivity contribution < 1.29 is 9.59 Å². The minimum Gasteiger partial charge on any atom is -0.294 e. The lowest BCUT2D eigenvalue weighted by Crippen LogP contribution is -2.33. The van der Waals surface area contributed by atoms with Crippen LogP contribution in [0, 0.1) is 0 Å². The average Bonchev–Trinajstić information content (AvgIpc) is 2.52. The summed E-state index contributed by atoms with van der Waals surface area (Å²) in [4.78, 5) is 21.6. The number of carbonyl (C=O) groups excluding carboxylic acids is 2. The fraction of sp³-hybridized carbons (Fsp3) is 0.286. The standard InChI is InChI=1S/C7H10N4O2/c1-5(12)6-2-9-11(3-6)4-7(13)10-8/h2-3H,4,8H2,1H3,(H,10,13). The van der Waals surface area contributed by atoms with Gasteiger partial charge in [0.15, 0.2) is 5.78 Å². The molecule has 0 spiro atoms. The molecular weight excluding hydrogens is 172 g/mol. The van der Waals surface area contributed by atoms with E-state index in [1.165, 1.54) is 24.0 Å². The highest BCUT2D eigenvalue weighted by Gasteiger charge is 2.05. The van der Waals surface area contributed by atoms with Crippen LogP contribution in [0.25, 0.3) is 0 Å². The van der Waals surface area contributed by atoms with Gasteiger partial charge in [0.05, 0.1) is 11.8 Å². The molecule has 13 heavy (non-hydrogen) atoms. The van der Waals surface area contributed by atoms with E-state index in [4.69, 9.17) is 5.84 Å². The average molecular weight is 182 g/mol. The Balaban J connectivity index is 2.69. The predicted molar refractivity (Wildman–Crippen MR) is 44.6 cm³/mol. The van der Waals surface area contributed by atoms with Gasteiger partial charge < -0.3 is 0 Å². The highest BCUT2D eigenvalue weighted by atomic mass is 16.2. The van der Waals surface area contributed by atoms with E-state index in [0.717, 1.165) is 0 Å². The van der Waals surface area contributed by atoms with E-state index in [1.807, 2.05) is 5.43 Å². The van der Waals surface area contributed by atoms with Crippen molar-refractivity contribution in [1.29, 1.82) is 0 Å². The van der Waals surface area contributed by atoms with Gasteiger partial charge in [-0.1, -0.05) is 0 Å². The highest BCUT2D eigenvalue weighted by molar-refractivity contribution is 5.93. The summed E-state index contributed by atoms with van der Waals surface area (Å²) in [6, 6.07) is 0. The Bertz CT molecular complexity index is 331. The number of hydrogen-bond donors (Lipinski definition) is 2. The number of hydrogen-bond acceptors (Lipinski definition) is 4. The minimum absolute atomic E-state index is 0.0176. The second-order valence-corrected chi connectivity index (χ2v) is 2.55. The Kier molecular flexibility index (Phi) is 2.76. The molecule has 6 heteroatoms. The predicted octanol–water partition coefficient (Wildman–Crippen LogP) is -0.924. The molecule has 0 aliphatic rings. The Hall–Kier alpha value is -1.69. The normalized spacial score (nSPS) is 9.69. The van der Waals surface area contributed by atoms with E-state index in [2.05, 4.69) is 5.10 Å². The number of amides is 1. The van der Waals surface area contributed by atoms with Crippen molar-refractivity contribution in [3.8, 4) is 0 Å². The van der Waals surface area contributed by atoms with Gasteiger partial charge in [-0.2, -0.15) is 5.10 Å². The maximum absolute atomic E-state index is 10.8. The van der Waals surface area contributed by atoms with Crippen molar-refractivity contribution in [3.05, 3.63) is 18.0 Å². The molecule has 1 aromatic rings. The molecule has 0 saturated carbocycles. The molecule has 1 amide bonds. The van der Waals surface area contributed by atoms with Gasteiger partial charge in [0.1, 0.15) is 6.54 Å². The van der Waals surface area contributed by atoms with Crippen molar-refractivity contribution in [3.63, 3.8) is 0 Å². The molecule has 3 N–H and O–H groups in total.